The Balaban J connectivity index is 1.69. The lowest BCUT2D eigenvalue weighted by atomic mass is 10.0. The summed E-state index contributed by atoms with van der Waals surface area (Å²) in [6.07, 6.45) is 1.82. The summed E-state index contributed by atoms with van der Waals surface area (Å²) in [4.78, 5) is 12.3. The SMILES string of the molecule is COc1ccc(C=NNC(=O)Cc2ccc(Br)c3ccccc23)cc1OC. The molecule has 3 aromatic carbocycles. The van der Waals surface area contributed by atoms with Crippen LogP contribution in [-0.4, -0.2) is 26.3 Å². The first-order chi connectivity index (χ1) is 13.1. The van der Waals surface area contributed by atoms with Crippen LogP contribution in [0, 0.1) is 0 Å². The van der Waals surface area contributed by atoms with Gasteiger partial charge in [-0.1, -0.05) is 46.3 Å². The van der Waals surface area contributed by atoms with Crippen LogP contribution >= 0.6 is 15.9 Å². The van der Waals surface area contributed by atoms with Crippen molar-refractivity contribution >= 4 is 38.8 Å². The molecule has 0 atom stereocenters. The van der Waals surface area contributed by atoms with E-state index >= 15 is 0 Å². The van der Waals surface area contributed by atoms with Gasteiger partial charge in [-0.05, 0) is 46.2 Å². The average molecular weight is 427 g/mol. The molecule has 0 unspecified atom stereocenters. The van der Waals surface area contributed by atoms with E-state index in [0.717, 1.165) is 26.4 Å². The standard InChI is InChI=1S/C21H19BrN2O3/c1-26-19-10-7-14(11-20(19)27-2)13-23-24-21(25)12-15-8-9-18(22)17-6-4-3-5-16(15)17/h3-11,13H,12H2,1-2H3,(H,24,25). The van der Waals surface area contributed by atoms with Gasteiger partial charge in [0.05, 0.1) is 26.9 Å². The highest BCUT2D eigenvalue weighted by atomic mass is 79.9. The molecule has 0 saturated heterocycles. The fourth-order valence-electron chi connectivity index (χ4n) is 2.80. The van der Waals surface area contributed by atoms with E-state index in [2.05, 4.69) is 26.5 Å². The third-order valence-electron chi connectivity index (χ3n) is 4.12. The Morgan fingerprint density at radius 1 is 1.04 bits per heavy atom. The second-order valence-corrected chi connectivity index (χ2v) is 6.69. The summed E-state index contributed by atoms with van der Waals surface area (Å²) in [5.41, 5.74) is 4.32. The zero-order valence-electron chi connectivity index (χ0n) is 15.0. The van der Waals surface area contributed by atoms with Gasteiger partial charge in [0.25, 0.3) is 0 Å². The molecule has 0 aliphatic heterocycles. The Morgan fingerprint density at radius 2 is 1.78 bits per heavy atom. The van der Waals surface area contributed by atoms with E-state index in [1.807, 2.05) is 42.5 Å². The predicted molar refractivity (Wildman–Crippen MR) is 111 cm³/mol. The number of halogens is 1. The highest BCUT2D eigenvalue weighted by molar-refractivity contribution is 9.10. The first-order valence-electron chi connectivity index (χ1n) is 8.32. The van der Waals surface area contributed by atoms with Gasteiger partial charge in [0, 0.05) is 4.47 Å². The van der Waals surface area contributed by atoms with Gasteiger partial charge >= 0.3 is 0 Å². The highest BCUT2D eigenvalue weighted by Crippen LogP contribution is 2.28. The smallest absolute Gasteiger partial charge is 0.244 e. The van der Waals surface area contributed by atoms with Gasteiger partial charge in [-0.25, -0.2) is 5.43 Å². The molecule has 0 saturated carbocycles. The lowest BCUT2D eigenvalue weighted by molar-refractivity contribution is -0.120. The normalized spacial score (nSPS) is 10.9. The molecule has 3 aromatic rings. The van der Waals surface area contributed by atoms with Crippen LogP contribution in [0.15, 0.2) is 64.2 Å². The summed E-state index contributed by atoms with van der Waals surface area (Å²) in [5, 5.41) is 6.16. The molecule has 5 nitrogen and oxygen atoms in total. The Kier molecular flexibility index (Phi) is 6.08. The molecule has 138 valence electrons. The molecule has 1 N–H and O–H groups in total. The van der Waals surface area contributed by atoms with E-state index in [9.17, 15) is 4.79 Å². The molecule has 1 amide bonds. The van der Waals surface area contributed by atoms with Crippen LogP contribution < -0.4 is 14.9 Å². The van der Waals surface area contributed by atoms with Gasteiger partial charge in [0.15, 0.2) is 11.5 Å². The Labute approximate surface area is 166 Å². The molecule has 0 aliphatic rings. The number of benzene rings is 3. The molecular weight excluding hydrogens is 408 g/mol. The first-order valence-corrected chi connectivity index (χ1v) is 9.11. The number of carbonyl (C=O) groups excluding carboxylic acids is 1. The largest absolute Gasteiger partial charge is 0.493 e. The number of hydrogen-bond donors (Lipinski definition) is 1. The molecule has 0 heterocycles. The summed E-state index contributed by atoms with van der Waals surface area (Å²) < 4.78 is 11.5. The molecule has 0 spiro atoms. The molecule has 0 bridgehead atoms. The third-order valence-corrected chi connectivity index (χ3v) is 4.81. The summed E-state index contributed by atoms with van der Waals surface area (Å²) in [6.45, 7) is 0. The van der Waals surface area contributed by atoms with Crippen LogP contribution in [-0.2, 0) is 11.2 Å². The van der Waals surface area contributed by atoms with Crippen LogP contribution in [0.2, 0.25) is 0 Å². The van der Waals surface area contributed by atoms with Crippen molar-refractivity contribution in [3.05, 3.63) is 70.2 Å². The van der Waals surface area contributed by atoms with Crippen molar-refractivity contribution in [2.24, 2.45) is 5.10 Å². The van der Waals surface area contributed by atoms with Crippen molar-refractivity contribution in [2.45, 2.75) is 6.42 Å². The van der Waals surface area contributed by atoms with Crippen molar-refractivity contribution in [3.63, 3.8) is 0 Å². The minimum absolute atomic E-state index is 0.181. The Morgan fingerprint density at radius 3 is 2.52 bits per heavy atom. The van der Waals surface area contributed by atoms with Crippen LogP contribution in [0.1, 0.15) is 11.1 Å². The number of methoxy groups -OCH3 is 2. The number of fused-ring (bicyclic) bond motifs is 1. The van der Waals surface area contributed by atoms with Crippen LogP contribution in [0.5, 0.6) is 11.5 Å². The maximum absolute atomic E-state index is 12.3. The van der Waals surface area contributed by atoms with Crippen molar-refractivity contribution in [1.82, 2.24) is 5.43 Å². The molecule has 0 aromatic heterocycles. The number of rotatable bonds is 6. The fraction of sp³-hybridized carbons (Fsp3) is 0.143. The molecule has 0 radical (unpaired) electrons. The number of carbonyl (C=O) groups is 1. The predicted octanol–water partition coefficient (Wildman–Crippen LogP) is 4.31. The zero-order chi connectivity index (χ0) is 19.2. The summed E-state index contributed by atoms with van der Waals surface area (Å²) >= 11 is 3.54. The highest BCUT2D eigenvalue weighted by Gasteiger charge is 2.08. The van der Waals surface area contributed by atoms with Crippen molar-refractivity contribution < 1.29 is 14.3 Å². The monoisotopic (exact) mass is 426 g/mol. The van der Waals surface area contributed by atoms with E-state index in [1.165, 1.54) is 0 Å². The second kappa shape index (κ2) is 8.68. The molecule has 3 rings (SSSR count). The van der Waals surface area contributed by atoms with Crippen LogP contribution in [0.4, 0.5) is 0 Å². The van der Waals surface area contributed by atoms with E-state index in [-0.39, 0.29) is 12.3 Å². The maximum Gasteiger partial charge on any atom is 0.244 e. The minimum atomic E-state index is -0.181. The minimum Gasteiger partial charge on any atom is -0.493 e. The number of ether oxygens (including phenoxy) is 2. The number of nitrogens with zero attached hydrogens (tertiary/aromatic N) is 1. The van der Waals surface area contributed by atoms with Crippen LogP contribution in [0.25, 0.3) is 10.8 Å². The summed E-state index contributed by atoms with van der Waals surface area (Å²) in [6, 6.07) is 17.3. The van der Waals surface area contributed by atoms with Gasteiger partial charge in [0.2, 0.25) is 5.91 Å². The van der Waals surface area contributed by atoms with Crippen molar-refractivity contribution in [1.29, 1.82) is 0 Å². The summed E-state index contributed by atoms with van der Waals surface area (Å²) in [7, 11) is 3.15. The van der Waals surface area contributed by atoms with E-state index < -0.39 is 0 Å². The van der Waals surface area contributed by atoms with Gasteiger partial charge in [-0.2, -0.15) is 5.10 Å². The number of hydrazone groups is 1. The van der Waals surface area contributed by atoms with E-state index in [1.54, 1.807) is 32.6 Å². The fourth-order valence-corrected chi connectivity index (χ4v) is 3.28. The number of nitrogens with one attached hydrogen (secondary N) is 1. The van der Waals surface area contributed by atoms with Crippen molar-refractivity contribution in [3.8, 4) is 11.5 Å². The molecular formula is C21H19BrN2O3. The third kappa shape index (κ3) is 4.46. The number of hydrogen-bond acceptors (Lipinski definition) is 4. The average Bonchev–Trinajstić information content (AvgIpc) is 2.70. The second-order valence-electron chi connectivity index (χ2n) is 5.84. The van der Waals surface area contributed by atoms with E-state index in [0.29, 0.717) is 11.5 Å². The molecule has 6 heteroatoms. The lowest BCUT2D eigenvalue weighted by Crippen LogP contribution is -2.19. The topological polar surface area (TPSA) is 59.9 Å². The molecule has 27 heavy (non-hydrogen) atoms. The van der Waals surface area contributed by atoms with Gasteiger partial charge in [-0.3, -0.25) is 4.79 Å². The lowest BCUT2D eigenvalue weighted by Gasteiger charge is -2.08. The van der Waals surface area contributed by atoms with E-state index in [4.69, 9.17) is 9.47 Å². The van der Waals surface area contributed by atoms with Gasteiger partial charge in [-0.15, -0.1) is 0 Å². The number of amides is 1. The van der Waals surface area contributed by atoms with Crippen molar-refractivity contribution in [2.75, 3.05) is 14.2 Å². The molecule has 0 aliphatic carbocycles. The maximum atomic E-state index is 12.3. The van der Waals surface area contributed by atoms with Gasteiger partial charge < -0.3 is 9.47 Å². The Bertz CT molecular complexity index is 1000. The van der Waals surface area contributed by atoms with Gasteiger partial charge in [0.1, 0.15) is 0 Å². The quantitative estimate of drug-likeness (QED) is 0.471. The first kappa shape index (κ1) is 18.9. The summed E-state index contributed by atoms with van der Waals surface area (Å²) in [5.74, 6) is 1.06. The zero-order valence-corrected chi connectivity index (χ0v) is 16.6. The van der Waals surface area contributed by atoms with Crippen LogP contribution in [0.3, 0.4) is 0 Å². The molecule has 0 fully saturated rings. The Hall–Kier alpha value is -2.86.